The molecule has 0 aliphatic carbocycles. The lowest BCUT2D eigenvalue weighted by Crippen LogP contribution is -2.15. The summed E-state index contributed by atoms with van der Waals surface area (Å²) >= 11 is 0. The van der Waals surface area contributed by atoms with Crippen molar-refractivity contribution in [2.75, 3.05) is 0 Å². The molecule has 0 aromatic carbocycles. The second kappa shape index (κ2) is 5.43. The highest BCUT2D eigenvalue weighted by atomic mass is 15.0. The van der Waals surface area contributed by atoms with Crippen molar-refractivity contribution in [1.82, 2.24) is 19.7 Å². The maximum Gasteiger partial charge on any atom is 0.137 e. The number of nitrogens with one attached hydrogen (secondary N) is 1. The van der Waals surface area contributed by atoms with Crippen molar-refractivity contribution in [1.29, 1.82) is 0 Å². The topological polar surface area (TPSA) is 42.2 Å². The second-order valence-corrected chi connectivity index (χ2v) is 4.98. The molecule has 0 spiro atoms. The Morgan fingerprint density at radius 2 is 2.05 bits per heavy atom. The summed E-state index contributed by atoms with van der Waals surface area (Å²) in [5, 5.41) is 3.49. The van der Waals surface area contributed by atoms with Crippen LogP contribution in [0.3, 0.4) is 0 Å². The highest BCUT2D eigenvalue weighted by Gasteiger charge is 2.07. The van der Waals surface area contributed by atoms with Gasteiger partial charge in [-0.3, -0.25) is 4.98 Å². The number of aryl methyl sites for hydroxylation is 2. The number of pyridine rings is 2. The Bertz CT molecular complexity index is 730. The van der Waals surface area contributed by atoms with E-state index in [0.29, 0.717) is 0 Å². The number of imidazole rings is 1. The number of rotatable bonds is 4. The van der Waals surface area contributed by atoms with Gasteiger partial charge in [-0.2, -0.15) is 0 Å². The van der Waals surface area contributed by atoms with Gasteiger partial charge in [0, 0.05) is 31.7 Å². The Morgan fingerprint density at radius 3 is 2.90 bits per heavy atom. The van der Waals surface area contributed by atoms with Gasteiger partial charge in [-0.25, -0.2) is 4.98 Å². The van der Waals surface area contributed by atoms with Crippen molar-refractivity contribution in [3.8, 4) is 0 Å². The Kier molecular flexibility index (Phi) is 3.48. The summed E-state index contributed by atoms with van der Waals surface area (Å²) in [5.74, 6) is 0. The molecule has 3 rings (SSSR count). The van der Waals surface area contributed by atoms with Gasteiger partial charge in [0.25, 0.3) is 0 Å². The molecule has 3 heterocycles. The lowest BCUT2D eigenvalue weighted by Gasteiger charge is -2.08. The average Bonchev–Trinajstić information content (AvgIpc) is 2.77. The van der Waals surface area contributed by atoms with E-state index < -0.39 is 0 Å². The predicted octanol–water partition coefficient (Wildman–Crippen LogP) is 2.64. The van der Waals surface area contributed by atoms with E-state index in [9.17, 15) is 0 Å². The lowest BCUT2D eigenvalue weighted by atomic mass is 10.1. The molecule has 102 valence electrons. The number of fused-ring (bicyclic) bond motifs is 1. The van der Waals surface area contributed by atoms with Crippen molar-refractivity contribution in [3.63, 3.8) is 0 Å². The number of nitrogens with zero attached hydrogens (tertiary/aromatic N) is 3. The molecule has 0 saturated carbocycles. The standard InChI is InChI=1S/C16H18N4/c1-12-9-17-7-6-14(12)10-18-11-15-13(2)19-16-5-3-4-8-20(15)16/h3-9,18H,10-11H2,1-2H3. The summed E-state index contributed by atoms with van der Waals surface area (Å²) in [4.78, 5) is 8.69. The van der Waals surface area contributed by atoms with E-state index in [1.165, 1.54) is 16.8 Å². The summed E-state index contributed by atoms with van der Waals surface area (Å²) < 4.78 is 2.14. The van der Waals surface area contributed by atoms with Crippen LogP contribution in [0.15, 0.2) is 42.9 Å². The zero-order valence-electron chi connectivity index (χ0n) is 11.8. The first-order valence-corrected chi connectivity index (χ1v) is 6.78. The molecule has 0 unspecified atom stereocenters. The summed E-state index contributed by atoms with van der Waals surface area (Å²) in [7, 11) is 0. The van der Waals surface area contributed by atoms with Crippen LogP contribution in [0.1, 0.15) is 22.5 Å². The van der Waals surface area contributed by atoms with Gasteiger partial charge in [0.05, 0.1) is 11.4 Å². The summed E-state index contributed by atoms with van der Waals surface area (Å²) in [6.45, 7) is 5.79. The SMILES string of the molecule is Cc1cnccc1CNCc1c(C)nc2ccccn12. The predicted molar refractivity (Wildman–Crippen MR) is 79.4 cm³/mol. The molecule has 0 fully saturated rings. The number of aromatic nitrogens is 3. The molecule has 0 saturated heterocycles. The Hall–Kier alpha value is -2.20. The van der Waals surface area contributed by atoms with E-state index in [0.717, 1.165) is 24.4 Å². The van der Waals surface area contributed by atoms with E-state index >= 15 is 0 Å². The molecule has 3 aromatic rings. The van der Waals surface area contributed by atoms with Gasteiger partial charge >= 0.3 is 0 Å². The molecule has 0 aliphatic heterocycles. The molecule has 0 radical (unpaired) electrons. The zero-order chi connectivity index (χ0) is 13.9. The fourth-order valence-corrected chi connectivity index (χ4v) is 2.39. The molecule has 4 heteroatoms. The van der Waals surface area contributed by atoms with Crippen LogP contribution in [0, 0.1) is 13.8 Å². The Balaban J connectivity index is 1.74. The Morgan fingerprint density at radius 1 is 1.15 bits per heavy atom. The second-order valence-electron chi connectivity index (χ2n) is 4.98. The number of hydrogen-bond acceptors (Lipinski definition) is 3. The number of hydrogen-bond donors (Lipinski definition) is 1. The van der Waals surface area contributed by atoms with Crippen molar-refractivity contribution in [2.24, 2.45) is 0 Å². The lowest BCUT2D eigenvalue weighted by molar-refractivity contribution is 0.669. The van der Waals surface area contributed by atoms with Gasteiger partial charge in [0.2, 0.25) is 0 Å². The van der Waals surface area contributed by atoms with E-state index in [1.807, 2.05) is 30.6 Å². The largest absolute Gasteiger partial charge is 0.307 e. The molecular formula is C16H18N4. The van der Waals surface area contributed by atoms with E-state index in [-0.39, 0.29) is 0 Å². The van der Waals surface area contributed by atoms with Crippen LogP contribution in [0.5, 0.6) is 0 Å². The first kappa shape index (κ1) is 12.8. The summed E-state index contributed by atoms with van der Waals surface area (Å²) in [5.41, 5.74) is 5.80. The third-order valence-corrected chi connectivity index (χ3v) is 3.57. The molecule has 20 heavy (non-hydrogen) atoms. The van der Waals surface area contributed by atoms with Crippen molar-refractivity contribution < 1.29 is 0 Å². The molecule has 0 amide bonds. The molecular weight excluding hydrogens is 248 g/mol. The monoisotopic (exact) mass is 266 g/mol. The van der Waals surface area contributed by atoms with Crippen molar-refractivity contribution in [3.05, 3.63) is 65.4 Å². The fraction of sp³-hybridized carbons (Fsp3) is 0.250. The molecule has 1 N–H and O–H groups in total. The van der Waals surface area contributed by atoms with Gasteiger partial charge in [0.1, 0.15) is 5.65 Å². The van der Waals surface area contributed by atoms with Gasteiger partial charge < -0.3 is 9.72 Å². The maximum atomic E-state index is 4.57. The minimum Gasteiger partial charge on any atom is -0.307 e. The van der Waals surface area contributed by atoms with E-state index in [1.54, 1.807) is 0 Å². The van der Waals surface area contributed by atoms with E-state index in [4.69, 9.17) is 0 Å². The maximum absolute atomic E-state index is 4.57. The highest BCUT2D eigenvalue weighted by Crippen LogP contribution is 2.12. The molecule has 4 nitrogen and oxygen atoms in total. The zero-order valence-corrected chi connectivity index (χ0v) is 11.8. The average molecular weight is 266 g/mol. The van der Waals surface area contributed by atoms with Crippen molar-refractivity contribution in [2.45, 2.75) is 26.9 Å². The Labute approximate surface area is 118 Å². The highest BCUT2D eigenvalue weighted by molar-refractivity contribution is 5.42. The van der Waals surface area contributed by atoms with Gasteiger partial charge in [-0.15, -0.1) is 0 Å². The van der Waals surface area contributed by atoms with Crippen LogP contribution >= 0.6 is 0 Å². The molecule has 3 aromatic heterocycles. The minimum absolute atomic E-state index is 0.804. The van der Waals surface area contributed by atoms with Gasteiger partial charge in [-0.1, -0.05) is 6.07 Å². The smallest absolute Gasteiger partial charge is 0.137 e. The van der Waals surface area contributed by atoms with Gasteiger partial charge in [0.15, 0.2) is 0 Å². The quantitative estimate of drug-likeness (QED) is 0.789. The third-order valence-electron chi connectivity index (χ3n) is 3.57. The van der Waals surface area contributed by atoms with Crippen LogP contribution in [0.2, 0.25) is 0 Å². The van der Waals surface area contributed by atoms with Crippen LogP contribution < -0.4 is 5.32 Å². The minimum atomic E-state index is 0.804. The van der Waals surface area contributed by atoms with Crippen LogP contribution in [-0.4, -0.2) is 14.4 Å². The van der Waals surface area contributed by atoms with E-state index in [2.05, 4.69) is 45.8 Å². The molecule has 0 aliphatic rings. The molecule has 0 bridgehead atoms. The van der Waals surface area contributed by atoms with Crippen LogP contribution in [-0.2, 0) is 13.1 Å². The normalized spacial score (nSPS) is 11.1. The van der Waals surface area contributed by atoms with Crippen LogP contribution in [0.4, 0.5) is 0 Å². The van der Waals surface area contributed by atoms with Crippen molar-refractivity contribution >= 4 is 5.65 Å². The first-order chi connectivity index (χ1) is 9.75. The third kappa shape index (κ3) is 2.42. The van der Waals surface area contributed by atoms with Gasteiger partial charge in [-0.05, 0) is 43.2 Å². The fourth-order valence-electron chi connectivity index (χ4n) is 2.39. The van der Waals surface area contributed by atoms with Crippen LogP contribution in [0.25, 0.3) is 5.65 Å². The summed E-state index contributed by atoms with van der Waals surface area (Å²) in [6, 6.07) is 8.14. The summed E-state index contributed by atoms with van der Waals surface area (Å²) in [6.07, 6.45) is 5.80. The first-order valence-electron chi connectivity index (χ1n) is 6.78. The molecule has 0 atom stereocenters.